The molecule has 0 aliphatic carbocycles. The highest BCUT2D eigenvalue weighted by atomic mass is 16.2. The maximum absolute atomic E-state index is 12.2. The number of nitrogens with one attached hydrogen (secondary N) is 1. The van der Waals surface area contributed by atoms with E-state index in [9.17, 15) is 4.79 Å². The van der Waals surface area contributed by atoms with Crippen LogP contribution in [0.15, 0.2) is 12.3 Å². The fraction of sp³-hybridized carbons (Fsp3) is 0.588. The van der Waals surface area contributed by atoms with Crippen molar-refractivity contribution >= 4 is 11.9 Å². The normalized spacial score (nSPS) is 20.8. The molecule has 0 radical (unpaired) electrons. The molecule has 1 aliphatic heterocycles. The van der Waals surface area contributed by atoms with Crippen molar-refractivity contribution < 1.29 is 4.79 Å². The largest absolute Gasteiger partial charge is 0.348 e. The number of hydrogen-bond donors (Lipinski definition) is 1. The summed E-state index contributed by atoms with van der Waals surface area (Å²) in [5, 5.41) is 16.2. The molecule has 1 aliphatic rings. The van der Waals surface area contributed by atoms with Gasteiger partial charge < -0.3 is 10.2 Å². The molecular formula is C17H25N7O. The van der Waals surface area contributed by atoms with E-state index < -0.39 is 0 Å². The SMILES string of the molecule is CCc1nnc(N[C@@H]2CCC(=O)N(C)[C@H]2c2ccnn2C)nc1CC. The first kappa shape index (κ1) is 17.3. The number of nitrogens with zero attached hydrogens (tertiary/aromatic N) is 6. The Bertz CT molecular complexity index is 757. The highest BCUT2D eigenvalue weighted by molar-refractivity contribution is 5.77. The van der Waals surface area contributed by atoms with Crippen LogP contribution in [0.5, 0.6) is 0 Å². The summed E-state index contributed by atoms with van der Waals surface area (Å²) in [5.41, 5.74) is 2.89. The van der Waals surface area contributed by atoms with E-state index in [-0.39, 0.29) is 18.0 Å². The molecule has 0 spiro atoms. The lowest BCUT2D eigenvalue weighted by Gasteiger charge is -2.39. The Hall–Kier alpha value is -2.51. The van der Waals surface area contributed by atoms with Gasteiger partial charge in [0.15, 0.2) is 0 Å². The van der Waals surface area contributed by atoms with Gasteiger partial charge in [0.25, 0.3) is 0 Å². The summed E-state index contributed by atoms with van der Waals surface area (Å²) in [5.74, 6) is 0.660. The molecule has 1 fully saturated rings. The van der Waals surface area contributed by atoms with Crippen LogP contribution >= 0.6 is 0 Å². The number of likely N-dealkylation sites (tertiary alicyclic amines) is 1. The molecule has 134 valence electrons. The van der Waals surface area contributed by atoms with Crippen LogP contribution in [-0.4, -0.2) is 48.9 Å². The quantitative estimate of drug-likeness (QED) is 0.885. The lowest BCUT2D eigenvalue weighted by Crippen LogP contribution is -2.47. The van der Waals surface area contributed by atoms with Crippen LogP contribution in [0.4, 0.5) is 5.95 Å². The highest BCUT2D eigenvalue weighted by Crippen LogP contribution is 2.32. The Labute approximate surface area is 147 Å². The van der Waals surface area contributed by atoms with E-state index in [1.165, 1.54) is 0 Å². The molecule has 1 N–H and O–H groups in total. The van der Waals surface area contributed by atoms with Gasteiger partial charge in [-0.2, -0.15) is 10.2 Å². The maximum Gasteiger partial charge on any atom is 0.243 e. The highest BCUT2D eigenvalue weighted by Gasteiger charge is 2.36. The first-order valence-corrected chi connectivity index (χ1v) is 8.77. The summed E-state index contributed by atoms with van der Waals surface area (Å²) in [6, 6.07) is 1.84. The minimum Gasteiger partial charge on any atom is -0.348 e. The van der Waals surface area contributed by atoms with E-state index in [0.29, 0.717) is 12.4 Å². The van der Waals surface area contributed by atoms with Gasteiger partial charge in [0.1, 0.15) is 0 Å². The molecule has 3 heterocycles. The topological polar surface area (TPSA) is 88.8 Å². The Morgan fingerprint density at radius 3 is 2.60 bits per heavy atom. The van der Waals surface area contributed by atoms with E-state index in [0.717, 1.165) is 36.3 Å². The summed E-state index contributed by atoms with van der Waals surface area (Å²) in [6.45, 7) is 4.12. The molecule has 2 aromatic rings. The fourth-order valence-corrected chi connectivity index (χ4v) is 3.43. The van der Waals surface area contributed by atoms with Crippen molar-refractivity contribution in [3.05, 3.63) is 29.3 Å². The number of anilines is 1. The Morgan fingerprint density at radius 1 is 1.20 bits per heavy atom. The van der Waals surface area contributed by atoms with Crippen LogP contribution in [0.1, 0.15) is 49.8 Å². The van der Waals surface area contributed by atoms with Crippen LogP contribution in [0.25, 0.3) is 0 Å². The summed E-state index contributed by atoms with van der Waals surface area (Å²) in [4.78, 5) is 18.6. The van der Waals surface area contributed by atoms with Crippen LogP contribution in [0.2, 0.25) is 0 Å². The number of amides is 1. The summed E-state index contributed by atoms with van der Waals surface area (Å²) >= 11 is 0. The third-order valence-electron chi connectivity index (χ3n) is 4.85. The molecule has 0 unspecified atom stereocenters. The Kier molecular flexibility index (Phi) is 4.96. The fourth-order valence-electron chi connectivity index (χ4n) is 3.43. The predicted molar refractivity (Wildman–Crippen MR) is 93.9 cm³/mol. The number of aromatic nitrogens is 5. The molecule has 8 heteroatoms. The number of hydrogen-bond acceptors (Lipinski definition) is 6. The van der Waals surface area contributed by atoms with E-state index in [4.69, 9.17) is 0 Å². The molecule has 25 heavy (non-hydrogen) atoms. The maximum atomic E-state index is 12.2. The molecule has 1 amide bonds. The number of carbonyl (C=O) groups excluding carboxylic acids is 1. The van der Waals surface area contributed by atoms with Crippen LogP contribution in [0, 0.1) is 0 Å². The predicted octanol–water partition coefficient (Wildman–Crippen LogP) is 1.50. The van der Waals surface area contributed by atoms with Gasteiger partial charge >= 0.3 is 0 Å². The first-order chi connectivity index (χ1) is 12.0. The second-order valence-corrected chi connectivity index (χ2v) is 6.35. The van der Waals surface area contributed by atoms with Gasteiger partial charge in [0.05, 0.1) is 29.2 Å². The van der Waals surface area contributed by atoms with Crippen molar-refractivity contribution in [1.29, 1.82) is 0 Å². The van der Waals surface area contributed by atoms with Crippen molar-refractivity contribution in [3.63, 3.8) is 0 Å². The van der Waals surface area contributed by atoms with Crippen molar-refractivity contribution in [2.45, 2.75) is 51.6 Å². The van der Waals surface area contributed by atoms with Gasteiger partial charge in [-0.25, -0.2) is 4.98 Å². The van der Waals surface area contributed by atoms with E-state index in [1.54, 1.807) is 11.1 Å². The molecule has 8 nitrogen and oxygen atoms in total. The molecule has 0 bridgehead atoms. The molecule has 2 aromatic heterocycles. The average Bonchev–Trinajstić information content (AvgIpc) is 3.04. The van der Waals surface area contributed by atoms with Gasteiger partial charge in [-0.1, -0.05) is 13.8 Å². The summed E-state index contributed by atoms with van der Waals surface area (Å²) < 4.78 is 1.81. The minimum absolute atomic E-state index is 0.0112. The van der Waals surface area contributed by atoms with Crippen molar-refractivity contribution in [2.24, 2.45) is 7.05 Å². The zero-order valence-electron chi connectivity index (χ0n) is 15.2. The van der Waals surface area contributed by atoms with E-state index in [1.807, 2.05) is 24.8 Å². The number of piperidine rings is 1. The van der Waals surface area contributed by atoms with Crippen LogP contribution in [-0.2, 0) is 24.7 Å². The minimum atomic E-state index is -0.117. The van der Waals surface area contributed by atoms with Crippen molar-refractivity contribution in [1.82, 2.24) is 29.9 Å². The molecule has 3 rings (SSSR count). The lowest BCUT2D eigenvalue weighted by atomic mass is 9.93. The Balaban J connectivity index is 1.89. The Morgan fingerprint density at radius 2 is 1.96 bits per heavy atom. The number of rotatable bonds is 5. The van der Waals surface area contributed by atoms with Gasteiger partial charge in [-0.05, 0) is 25.3 Å². The number of likely N-dealkylation sites (N-methyl/N-ethyl adjacent to an activating group) is 1. The van der Waals surface area contributed by atoms with Crippen LogP contribution < -0.4 is 5.32 Å². The van der Waals surface area contributed by atoms with Gasteiger partial charge in [-0.15, -0.1) is 5.10 Å². The average molecular weight is 343 g/mol. The standard InChI is InChI=1S/C17H25N7O/c1-5-11-12(6-2)21-22-17(19-11)20-13-7-8-15(25)23(3)16(13)14-9-10-18-24(14)4/h9-10,13,16H,5-8H2,1-4H3,(H,19,20,22)/t13-,16-/m1/s1. The third kappa shape index (κ3) is 3.33. The molecular weight excluding hydrogens is 318 g/mol. The van der Waals surface area contributed by atoms with Gasteiger partial charge in [0.2, 0.25) is 11.9 Å². The smallest absolute Gasteiger partial charge is 0.243 e. The van der Waals surface area contributed by atoms with Gasteiger partial charge in [0, 0.05) is 26.7 Å². The number of carbonyl (C=O) groups is 1. The third-order valence-corrected chi connectivity index (χ3v) is 4.85. The van der Waals surface area contributed by atoms with Crippen LogP contribution in [0.3, 0.4) is 0 Å². The van der Waals surface area contributed by atoms with E-state index in [2.05, 4.69) is 39.4 Å². The monoisotopic (exact) mass is 343 g/mol. The van der Waals surface area contributed by atoms with E-state index >= 15 is 0 Å². The van der Waals surface area contributed by atoms with Gasteiger partial charge in [-0.3, -0.25) is 9.48 Å². The zero-order chi connectivity index (χ0) is 18.0. The zero-order valence-corrected chi connectivity index (χ0v) is 15.2. The molecule has 2 atom stereocenters. The first-order valence-electron chi connectivity index (χ1n) is 8.77. The van der Waals surface area contributed by atoms with Crippen molar-refractivity contribution in [2.75, 3.05) is 12.4 Å². The molecule has 0 saturated carbocycles. The second kappa shape index (κ2) is 7.16. The molecule has 0 aromatic carbocycles. The summed E-state index contributed by atoms with van der Waals surface area (Å²) in [7, 11) is 3.73. The lowest BCUT2D eigenvalue weighted by molar-refractivity contribution is -0.135. The number of aryl methyl sites for hydroxylation is 3. The summed E-state index contributed by atoms with van der Waals surface area (Å²) in [6.07, 6.45) is 4.62. The molecule has 1 saturated heterocycles. The van der Waals surface area contributed by atoms with Crippen molar-refractivity contribution in [3.8, 4) is 0 Å². The second-order valence-electron chi connectivity index (χ2n) is 6.35.